The van der Waals surface area contributed by atoms with E-state index >= 15 is 0 Å². The standard InChI is InChI=1S/C23H31N3O3S/c1-16-6-7-17(2)19(14-16)24-23(30)26-12-10-25(11-13-26)15-18-8-9-20(27-3)22(29-5)21(18)28-4/h6-9,14H,10-13,15H2,1-5H3,(H,24,30). The van der Waals surface area contributed by atoms with E-state index < -0.39 is 0 Å². The lowest BCUT2D eigenvalue weighted by Crippen LogP contribution is -2.49. The minimum absolute atomic E-state index is 0.634. The van der Waals surface area contributed by atoms with Crippen molar-refractivity contribution in [1.29, 1.82) is 0 Å². The first-order valence-corrected chi connectivity index (χ1v) is 10.5. The van der Waals surface area contributed by atoms with Crippen LogP contribution in [-0.4, -0.2) is 62.4 Å². The van der Waals surface area contributed by atoms with E-state index in [0.717, 1.165) is 54.8 Å². The molecule has 1 aliphatic heterocycles. The Morgan fingerprint density at radius 2 is 1.63 bits per heavy atom. The Bertz CT molecular complexity index is 896. The van der Waals surface area contributed by atoms with Gasteiger partial charge in [-0.05, 0) is 49.3 Å². The topological polar surface area (TPSA) is 46.2 Å². The van der Waals surface area contributed by atoms with E-state index in [1.54, 1.807) is 21.3 Å². The summed E-state index contributed by atoms with van der Waals surface area (Å²) < 4.78 is 16.5. The largest absolute Gasteiger partial charge is 0.493 e. The Morgan fingerprint density at radius 3 is 2.27 bits per heavy atom. The van der Waals surface area contributed by atoms with Crippen molar-refractivity contribution in [2.45, 2.75) is 20.4 Å². The molecule has 1 heterocycles. The molecule has 0 saturated carbocycles. The molecule has 1 fully saturated rings. The molecule has 3 rings (SSSR count). The van der Waals surface area contributed by atoms with Crippen LogP contribution in [0, 0.1) is 13.8 Å². The number of thiocarbonyl (C=S) groups is 1. The molecule has 1 saturated heterocycles. The van der Waals surface area contributed by atoms with Crippen LogP contribution in [0.2, 0.25) is 0 Å². The van der Waals surface area contributed by atoms with Crippen LogP contribution >= 0.6 is 12.2 Å². The van der Waals surface area contributed by atoms with Crippen molar-refractivity contribution in [3.8, 4) is 17.2 Å². The van der Waals surface area contributed by atoms with Crippen molar-refractivity contribution in [3.05, 3.63) is 47.0 Å². The number of piperazine rings is 1. The third-order valence-corrected chi connectivity index (χ3v) is 5.83. The second-order valence-corrected chi connectivity index (χ2v) is 7.89. The highest BCUT2D eigenvalue weighted by Crippen LogP contribution is 2.40. The molecule has 0 bridgehead atoms. The lowest BCUT2D eigenvalue weighted by atomic mass is 10.1. The van der Waals surface area contributed by atoms with Crippen LogP contribution in [0.15, 0.2) is 30.3 Å². The summed E-state index contributed by atoms with van der Waals surface area (Å²) in [6.07, 6.45) is 0. The van der Waals surface area contributed by atoms with Gasteiger partial charge in [0.2, 0.25) is 5.75 Å². The predicted molar refractivity (Wildman–Crippen MR) is 125 cm³/mol. The molecule has 0 amide bonds. The first-order valence-electron chi connectivity index (χ1n) is 10.1. The number of aryl methyl sites for hydroxylation is 2. The van der Waals surface area contributed by atoms with Gasteiger partial charge >= 0.3 is 0 Å². The molecule has 2 aromatic rings. The molecule has 0 aliphatic carbocycles. The molecule has 0 spiro atoms. The van der Waals surface area contributed by atoms with Crippen molar-refractivity contribution in [1.82, 2.24) is 9.80 Å². The predicted octanol–water partition coefficient (Wildman–Crippen LogP) is 3.84. The van der Waals surface area contributed by atoms with Crippen molar-refractivity contribution in [2.24, 2.45) is 0 Å². The lowest BCUT2D eigenvalue weighted by Gasteiger charge is -2.36. The van der Waals surface area contributed by atoms with Gasteiger partial charge in [0.15, 0.2) is 16.6 Å². The average molecular weight is 430 g/mol. The van der Waals surface area contributed by atoms with E-state index in [0.29, 0.717) is 11.5 Å². The van der Waals surface area contributed by atoms with Crippen molar-refractivity contribution < 1.29 is 14.2 Å². The number of hydrogen-bond donors (Lipinski definition) is 1. The van der Waals surface area contributed by atoms with Gasteiger partial charge in [0.25, 0.3) is 0 Å². The minimum atomic E-state index is 0.634. The Balaban J connectivity index is 1.61. The van der Waals surface area contributed by atoms with Crippen LogP contribution in [0.5, 0.6) is 17.2 Å². The van der Waals surface area contributed by atoms with Crippen LogP contribution in [0.4, 0.5) is 5.69 Å². The fourth-order valence-corrected chi connectivity index (χ4v) is 3.99. The Hall–Kier alpha value is -2.51. The van der Waals surface area contributed by atoms with E-state index in [9.17, 15) is 0 Å². The van der Waals surface area contributed by atoms with Crippen molar-refractivity contribution in [2.75, 3.05) is 52.8 Å². The van der Waals surface area contributed by atoms with Gasteiger partial charge in [-0.15, -0.1) is 0 Å². The second-order valence-electron chi connectivity index (χ2n) is 7.51. The molecule has 1 N–H and O–H groups in total. The quantitative estimate of drug-likeness (QED) is 0.700. The highest BCUT2D eigenvalue weighted by Gasteiger charge is 2.22. The van der Waals surface area contributed by atoms with Gasteiger partial charge < -0.3 is 24.4 Å². The van der Waals surface area contributed by atoms with E-state index in [4.69, 9.17) is 26.4 Å². The number of nitrogens with one attached hydrogen (secondary N) is 1. The second kappa shape index (κ2) is 10.00. The maximum atomic E-state index is 5.67. The molecular weight excluding hydrogens is 398 g/mol. The third-order valence-electron chi connectivity index (χ3n) is 5.47. The molecule has 162 valence electrons. The zero-order chi connectivity index (χ0) is 21.7. The first-order chi connectivity index (χ1) is 14.5. The number of benzene rings is 2. The molecular formula is C23H31N3O3S. The summed E-state index contributed by atoms with van der Waals surface area (Å²) in [4.78, 5) is 4.64. The SMILES string of the molecule is COc1ccc(CN2CCN(C(=S)Nc3cc(C)ccc3C)CC2)c(OC)c1OC. The number of rotatable bonds is 6. The fraction of sp³-hybridized carbons (Fsp3) is 0.435. The number of nitrogens with zero attached hydrogens (tertiary/aromatic N) is 2. The van der Waals surface area contributed by atoms with Crippen molar-refractivity contribution in [3.63, 3.8) is 0 Å². The van der Waals surface area contributed by atoms with E-state index in [2.05, 4.69) is 47.2 Å². The molecule has 0 unspecified atom stereocenters. The lowest BCUT2D eigenvalue weighted by molar-refractivity contribution is 0.175. The Morgan fingerprint density at radius 1 is 0.933 bits per heavy atom. The van der Waals surface area contributed by atoms with E-state index in [1.807, 2.05) is 12.1 Å². The molecule has 6 nitrogen and oxygen atoms in total. The van der Waals surface area contributed by atoms with Gasteiger partial charge in [0.05, 0.1) is 21.3 Å². The van der Waals surface area contributed by atoms with Crippen molar-refractivity contribution >= 4 is 23.0 Å². The monoisotopic (exact) mass is 429 g/mol. The molecule has 30 heavy (non-hydrogen) atoms. The summed E-state index contributed by atoms with van der Waals surface area (Å²) in [5, 5.41) is 4.20. The zero-order valence-electron chi connectivity index (χ0n) is 18.4. The zero-order valence-corrected chi connectivity index (χ0v) is 19.3. The molecule has 2 aromatic carbocycles. The third kappa shape index (κ3) is 4.96. The summed E-state index contributed by atoms with van der Waals surface area (Å²) in [6.45, 7) is 8.58. The first kappa shape index (κ1) is 22.2. The van der Waals surface area contributed by atoms with Gasteiger partial charge in [0.1, 0.15) is 0 Å². The molecule has 0 radical (unpaired) electrons. The molecule has 0 atom stereocenters. The van der Waals surface area contributed by atoms with Gasteiger partial charge in [-0.25, -0.2) is 0 Å². The van der Waals surface area contributed by atoms with Crippen LogP contribution in [0.3, 0.4) is 0 Å². The van der Waals surface area contributed by atoms with Crippen LogP contribution < -0.4 is 19.5 Å². The van der Waals surface area contributed by atoms with Gasteiger partial charge in [-0.3, -0.25) is 4.90 Å². The summed E-state index contributed by atoms with van der Waals surface area (Å²) in [7, 11) is 4.92. The number of methoxy groups -OCH3 is 3. The summed E-state index contributed by atoms with van der Waals surface area (Å²) in [6, 6.07) is 10.3. The molecule has 1 aliphatic rings. The Labute approximate surface area is 184 Å². The fourth-order valence-electron chi connectivity index (χ4n) is 3.70. The summed E-state index contributed by atoms with van der Waals surface area (Å²) >= 11 is 5.67. The summed E-state index contributed by atoms with van der Waals surface area (Å²) in [5.41, 5.74) is 4.58. The van der Waals surface area contributed by atoms with E-state index in [1.165, 1.54) is 11.1 Å². The van der Waals surface area contributed by atoms with Gasteiger partial charge in [0, 0.05) is 44.0 Å². The summed E-state index contributed by atoms with van der Waals surface area (Å²) in [5.74, 6) is 2.03. The number of hydrogen-bond acceptors (Lipinski definition) is 5. The minimum Gasteiger partial charge on any atom is -0.493 e. The highest BCUT2D eigenvalue weighted by atomic mass is 32.1. The maximum Gasteiger partial charge on any atom is 0.203 e. The number of ether oxygens (including phenoxy) is 3. The number of anilines is 1. The van der Waals surface area contributed by atoms with Gasteiger partial charge in [-0.1, -0.05) is 18.2 Å². The normalized spacial score (nSPS) is 14.4. The van der Waals surface area contributed by atoms with Gasteiger partial charge in [-0.2, -0.15) is 0 Å². The Kier molecular flexibility index (Phi) is 7.39. The highest BCUT2D eigenvalue weighted by molar-refractivity contribution is 7.80. The maximum absolute atomic E-state index is 5.67. The van der Waals surface area contributed by atoms with E-state index in [-0.39, 0.29) is 0 Å². The average Bonchev–Trinajstić information content (AvgIpc) is 2.76. The van der Waals surface area contributed by atoms with Crippen LogP contribution in [-0.2, 0) is 6.54 Å². The molecule has 7 heteroatoms. The van der Waals surface area contributed by atoms with Crippen LogP contribution in [0.25, 0.3) is 0 Å². The smallest absolute Gasteiger partial charge is 0.203 e. The van der Waals surface area contributed by atoms with Crippen LogP contribution in [0.1, 0.15) is 16.7 Å². The molecule has 0 aromatic heterocycles.